The Balaban J connectivity index is 1.81. The number of hydrogen-bond acceptors (Lipinski definition) is 4. The first-order valence-corrected chi connectivity index (χ1v) is 8.15. The second-order valence-electron chi connectivity index (χ2n) is 5.80. The number of furan rings is 1. The lowest BCUT2D eigenvalue weighted by atomic mass is 10.1. The van der Waals surface area contributed by atoms with E-state index in [9.17, 15) is 9.59 Å². The van der Waals surface area contributed by atoms with Crippen molar-refractivity contribution in [1.82, 2.24) is 0 Å². The Morgan fingerprint density at radius 2 is 1.69 bits per heavy atom. The number of benzene rings is 2. The second-order valence-corrected chi connectivity index (χ2v) is 5.80. The summed E-state index contributed by atoms with van der Waals surface area (Å²) in [6.45, 7) is 1.97. The van der Waals surface area contributed by atoms with Crippen molar-refractivity contribution in [3.05, 3.63) is 89.2 Å². The first-order chi connectivity index (χ1) is 12.6. The highest BCUT2D eigenvalue weighted by Crippen LogP contribution is 2.27. The molecule has 26 heavy (non-hydrogen) atoms. The maximum atomic E-state index is 12.2. The highest BCUT2D eigenvalue weighted by molar-refractivity contribution is 6.06. The number of esters is 1. The Hall–Kier alpha value is -3.40. The highest BCUT2D eigenvalue weighted by Gasteiger charge is 2.15. The molecule has 130 valence electrons. The number of ether oxygens (including phenoxy) is 1. The lowest BCUT2D eigenvalue weighted by molar-refractivity contribution is 0.0601. The molecule has 1 heterocycles. The molecule has 2 aromatic carbocycles. The van der Waals surface area contributed by atoms with Crippen molar-refractivity contribution in [1.29, 1.82) is 0 Å². The fourth-order valence-corrected chi connectivity index (χ4v) is 2.54. The molecule has 0 fully saturated rings. The van der Waals surface area contributed by atoms with E-state index in [2.05, 4.69) is 0 Å². The smallest absolute Gasteiger partial charge is 0.338 e. The molecule has 0 saturated heterocycles. The zero-order valence-electron chi connectivity index (χ0n) is 14.6. The quantitative estimate of drug-likeness (QED) is 0.373. The molecule has 3 aromatic rings. The van der Waals surface area contributed by atoms with Gasteiger partial charge < -0.3 is 9.15 Å². The van der Waals surface area contributed by atoms with E-state index in [1.807, 2.05) is 25.1 Å². The number of ketones is 1. The predicted octanol–water partition coefficient (Wildman–Crippen LogP) is 4.94. The largest absolute Gasteiger partial charge is 0.465 e. The minimum Gasteiger partial charge on any atom is -0.465 e. The number of methoxy groups -OCH3 is 1. The number of rotatable bonds is 5. The molecule has 0 unspecified atom stereocenters. The predicted molar refractivity (Wildman–Crippen MR) is 100 cm³/mol. The molecule has 0 aliphatic carbocycles. The first kappa shape index (κ1) is 17.4. The number of carbonyl (C=O) groups excluding carboxylic acids is 2. The Kier molecular flexibility index (Phi) is 5.13. The summed E-state index contributed by atoms with van der Waals surface area (Å²) in [5.74, 6) is 0.537. The zero-order valence-corrected chi connectivity index (χ0v) is 14.6. The monoisotopic (exact) mass is 346 g/mol. The summed E-state index contributed by atoms with van der Waals surface area (Å²) in [5, 5.41) is 0. The Labute approximate surface area is 151 Å². The van der Waals surface area contributed by atoms with Gasteiger partial charge in [0.1, 0.15) is 11.5 Å². The van der Waals surface area contributed by atoms with Crippen molar-refractivity contribution in [3.8, 4) is 11.3 Å². The van der Waals surface area contributed by atoms with Crippen molar-refractivity contribution in [3.63, 3.8) is 0 Å². The summed E-state index contributed by atoms with van der Waals surface area (Å²) in [6, 6.07) is 18.0. The van der Waals surface area contributed by atoms with Crippen molar-refractivity contribution < 1.29 is 18.7 Å². The third-order valence-corrected chi connectivity index (χ3v) is 3.96. The maximum absolute atomic E-state index is 12.2. The van der Waals surface area contributed by atoms with Crippen LogP contribution in [0, 0.1) is 6.92 Å². The summed E-state index contributed by atoms with van der Waals surface area (Å²) in [5.41, 5.74) is 2.79. The van der Waals surface area contributed by atoms with Crippen molar-refractivity contribution in [2.45, 2.75) is 6.92 Å². The SMILES string of the molecule is COC(=O)c1ccccc1-c1ccc(/C=C/C(=O)c2ccc(C)cc2)o1. The molecule has 0 aliphatic rings. The van der Waals surface area contributed by atoms with Gasteiger partial charge in [-0.2, -0.15) is 0 Å². The third-order valence-electron chi connectivity index (χ3n) is 3.96. The molecular formula is C22H18O4. The molecule has 0 aliphatic heterocycles. The molecule has 0 N–H and O–H groups in total. The van der Waals surface area contributed by atoms with Gasteiger partial charge in [0.25, 0.3) is 0 Å². The van der Waals surface area contributed by atoms with Gasteiger partial charge in [-0.25, -0.2) is 4.79 Å². The molecule has 0 radical (unpaired) electrons. The lowest BCUT2D eigenvalue weighted by Gasteiger charge is -2.04. The summed E-state index contributed by atoms with van der Waals surface area (Å²) in [7, 11) is 1.34. The van der Waals surface area contributed by atoms with Crippen LogP contribution in [0.15, 0.2) is 71.2 Å². The van der Waals surface area contributed by atoms with Crippen LogP contribution in [0.5, 0.6) is 0 Å². The molecule has 3 rings (SSSR count). The van der Waals surface area contributed by atoms with Crippen LogP contribution in [0.4, 0.5) is 0 Å². The van der Waals surface area contributed by atoms with E-state index in [-0.39, 0.29) is 5.78 Å². The normalized spacial score (nSPS) is 10.8. The molecule has 0 saturated carbocycles. The summed E-state index contributed by atoms with van der Waals surface area (Å²) in [4.78, 5) is 24.1. The van der Waals surface area contributed by atoms with Crippen LogP contribution < -0.4 is 0 Å². The van der Waals surface area contributed by atoms with Crippen LogP contribution in [0.3, 0.4) is 0 Å². The van der Waals surface area contributed by atoms with Gasteiger partial charge in [0.15, 0.2) is 5.78 Å². The highest BCUT2D eigenvalue weighted by atomic mass is 16.5. The van der Waals surface area contributed by atoms with E-state index in [0.717, 1.165) is 5.56 Å². The summed E-state index contributed by atoms with van der Waals surface area (Å²) in [6.07, 6.45) is 3.09. The van der Waals surface area contributed by atoms with Gasteiger partial charge in [-0.15, -0.1) is 0 Å². The van der Waals surface area contributed by atoms with E-state index in [1.54, 1.807) is 48.5 Å². The molecule has 0 atom stereocenters. The van der Waals surface area contributed by atoms with Gasteiger partial charge in [-0.05, 0) is 37.3 Å². The summed E-state index contributed by atoms with van der Waals surface area (Å²) >= 11 is 0. The average molecular weight is 346 g/mol. The van der Waals surface area contributed by atoms with Crippen LogP contribution in [0.25, 0.3) is 17.4 Å². The fourth-order valence-electron chi connectivity index (χ4n) is 2.54. The minimum atomic E-state index is -0.427. The topological polar surface area (TPSA) is 56.5 Å². The molecule has 0 amide bonds. The second kappa shape index (κ2) is 7.66. The Morgan fingerprint density at radius 1 is 0.962 bits per heavy atom. The number of aryl methyl sites for hydroxylation is 1. The van der Waals surface area contributed by atoms with Crippen LogP contribution in [0.2, 0.25) is 0 Å². The minimum absolute atomic E-state index is 0.0992. The Morgan fingerprint density at radius 3 is 2.42 bits per heavy atom. The van der Waals surface area contributed by atoms with Crippen LogP contribution in [-0.4, -0.2) is 18.9 Å². The number of carbonyl (C=O) groups is 2. The van der Waals surface area contributed by atoms with Gasteiger partial charge in [-0.3, -0.25) is 4.79 Å². The van der Waals surface area contributed by atoms with E-state index in [0.29, 0.717) is 28.2 Å². The molecule has 4 heteroatoms. The molecular weight excluding hydrogens is 328 g/mol. The summed E-state index contributed by atoms with van der Waals surface area (Å²) < 4.78 is 10.6. The van der Waals surface area contributed by atoms with Crippen molar-refractivity contribution in [2.24, 2.45) is 0 Å². The van der Waals surface area contributed by atoms with Crippen molar-refractivity contribution >= 4 is 17.8 Å². The number of hydrogen-bond donors (Lipinski definition) is 0. The van der Waals surface area contributed by atoms with E-state index >= 15 is 0 Å². The van der Waals surface area contributed by atoms with E-state index in [4.69, 9.17) is 9.15 Å². The van der Waals surface area contributed by atoms with Crippen LogP contribution in [-0.2, 0) is 4.74 Å². The fraction of sp³-hybridized carbons (Fsp3) is 0.0909. The standard InChI is InChI=1S/C22H18O4/c1-15-7-9-16(10-8-15)20(23)13-11-17-12-14-21(26-17)18-5-3-4-6-19(18)22(24)25-2/h3-14H,1-2H3/b13-11+. The maximum Gasteiger partial charge on any atom is 0.338 e. The number of allylic oxidation sites excluding steroid dienone is 1. The van der Waals surface area contributed by atoms with E-state index in [1.165, 1.54) is 13.2 Å². The molecule has 1 aromatic heterocycles. The Bertz CT molecular complexity index is 962. The van der Waals surface area contributed by atoms with Crippen LogP contribution in [0.1, 0.15) is 32.0 Å². The molecule has 0 bridgehead atoms. The average Bonchev–Trinajstić information content (AvgIpc) is 3.15. The van der Waals surface area contributed by atoms with Gasteiger partial charge in [0.05, 0.1) is 12.7 Å². The zero-order chi connectivity index (χ0) is 18.5. The third kappa shape index (κ3) is 3.81. The van der Waals surface area contributed by atoms with E-state index < -0.39 is 5.97 Å². The lowest BCUT2D eigenvalue weighted by Crippen LogP contribution is -2.02. The molecule has 0 spiro atoms. The van der Waals surface area contributed by atoms with Gasteiger partial charge in [0, 0.05) is 11.1 Å². The van der Waals surface area contributed by atoms with Gasteiger partial charge in [-0.1, -0.05) is 48.0 Å². The van der Waals surface area contributed by atoms with Crippen LogP contribution >= 0.6 is 0 Å². The van der Waals surface area contributed by atoms with Gasteiger partial charge in [0.2, 0.25) is 0 Å². The molecule has 4 nitrogen and oxygen atoms in total. The first-order valence-electron chi connectivity index (χ1n) is 8.15. The van der Waals surface area contributed by atoms with Gasteiger partial charge >= 0.3 is 5.97 Å². The van der Waals surface area contributed by atoms with Crippen molar-refractivity contribution in [2.75, 3.05) is 7.11 Å².